The van der Waals surface area contributed by atoms with Crippen LogP contribution in [-0.4, -0.2) is 11.8 Å². The molecule has 0 unspecified atom stereocenters. The second-order valence-electron chi connectivity index (χ2n) is 4.45. The largest absolute Gasteiger partial charge is 0.454 e. The van der Waals surface area contributed by atoms with Gasteiger partial charge in [-0.3, -0.25) is 0 Å². The van der Waals surface area contributed by atoms with Crippen LogP contribution in [0.4, 0.5) is 11.5 Å². The second kappa shape index (κ2) is 4.68. The fraction of sp³-hybridized carbons (Fsp3) is 0.214. The van der Waals surface area contributed by atoms with Crippen molar-refractivity contribution in [2.75, 3.05) is 17.8 Å². The number of nitrogen functional groups attached to an aromatic ring is 1. The minimum Gasteiger partial charge on any atom is -0.454 e. The highest BCUT2D eigenvalue weighted by Gasteiger charge is 2.16. The Labute approximate surface area is 111 Å². The highest BCUT2D eigenvalue weighted by atomic mass is 16.7. The van der Waals surface area contributed by atoms with E-state index in [2.05, 4.69) is 10.3 Å². The molecular formula is C14H15N3O2. The number of nitrogens with two attached hydrogens (primary N) is 1. The van der Waals surface area contributed by atoms with Crippen molar-refractivity contribution in [3.05, 3.63) is 41.6 Å². The zero-order valence-corrected chi connectivity index (χ0v) is 10.6. The van der Waals surface area contributed by atoms with Crippen molar-refractivity contribution in [2.24, 2.45) is 0 Å². The molecule has 1 aromatic carbocycles. The number of anilines is 2. The van der Waals surface area contributed by atoms with Gasteiger partial charge in [-0.25, -0.2) is 4.98 Å². The molecule has 2 aromatic rings. The fourth-order valence-corrected chi connectivity index (χ4v) is 2.05. The van der Waals surface area contributed by atoms with E-state index in [1.54, 1.807) is 6.20 Å². The van der Waals surface area contributed by atoms with E-state index in [9.17, 15) is 0 Å². The summed E-state index contributed by atoms with van der Waals surface area (Å²) in [5.41, 5.74) is 8.63. The average Bonchev–Trinajstić information content (AvgIpc) is 2.86. The molecule has 5 nitrogen and oxygen atoms in total. The van der Waals surface area contributed by atoms with Gasteiger partial charge in [0.25, 0.3) is 0 Å². The fourth-order valence-electron chi connectivity index (χ4n) is 2.05. The van der Waals surface area contributed by atoms with Gasteiger partial charge in [-0.1, -0.05) is 12.1 Å². The molecule has 98 valence electrons. The Bertz CT molecular complexity index is 614. The number of rotatable bonds is 3. The normalized spacial score (nSPS) is 12.5. The predicted molar refractivity (Wildman–Crippen MR) is 73.3 cm³/mol. The number of benzene rings is 1. The van der Waals surface area contributed by atoms with Crippen molar-refractivity contribution in [3.8, 4) is 11.5 Å². The molecule has 0 radical (unpaired) electrons. The van der Waals surface area contributed by atoms with Crippen LogP contribution in [-0.2, 0) is 6.54 Å². The zero-order valence-electron chi connectivity index (χ0n) is 10.6. The monoisotopic (exact) mass is 257 g/mol. The van der Waals surface area contributed by atoms with Gasteiger partial charge < -0.3 is 20.5 Å². The molecule has 2 heterocycles. The molecule has 1 aliphatic rings. The molecule has 0 amide bonds. The summed E-state index contributed by atoms with van der Waals surface area (Å²) in [6.45, 7) is 2.83. The minimum atomic E-state index is 0.275. The molecule has 0 saturated carbocycles. The molecule has 0 fully saturated rings. The molecule has 3 N–H and O–H groups in total. The van der Waals surface area contributed by atoms with E-state index in [4.69, 9.17) is 15.2 Å². The van der Waals surface area contributed by atoms with Crippen molar-refractivity contribution < 1.29 is 9.47 Å². The van der Waals surface area contributed by atoms with E-state index in [1.165, 1.54) is 0 Å². The van der Waals surface area contributed by atoms with Crippen LogP contribution in [0.25, 0.3) is 0 Å². The zero-order chi connectivity index (χ0) is 13.2. The number of nitrogens with one attached hydrogen (secondary N) is 1. The van der Waals surface area contributed by atoms with Crippen molar-refractivity contribution in [3.63, 3.8) is 0 Å². The average molecular weight is 257 g/mol. The van der Waals surface area contributed by atoms with Gasteiger partial charge in [0.2, 0.25) is 6.79 Å². The maximum atomic E-state index is 5.92. The van der Waals surface area contributed by atoms with Crippen LogP contribution < -0.4 is 20.5 Å². The lowest BCUT2D eigenvalue weighted by atomic mass is 10.2. The van der Waals surface area contributed by atoms with E-state index >= 15 is 0 Å². The quantitative estimate of drug-likeness (QED) is 0.883. The lowest BCUT2D eigenvalue weighted by Crippen LogP contribution is -2.05. The van der Waals surface area contributed by atoms with E-state index in [-0.39, 0.29) is 6.79 Å². The Morgan fingerprint density at radius 2 is 2.26 bits per heavy atom. The van der Waals surface area contributed by atoms with Crippen LogP contribution in [0.1, 0.15) is 11.1 Å². The molecule has 3 rings (SSSR count). The number of ether oxygens (including phenoxy) is 2. The maximum absolute atomic E-state index is 5.92. The Morgan fingerprint density at radius 1 is 1.37 bits per heavy atom. The molecule has 0 atom stereocenters. The number of hydrogen-bond acceptors (Lipinski definition) is 5. The van der Waals surface area contributed by atoms with E-state index in [1.807, 2.05) is 31.2 Å². The lowest BCUT2D eigenvalue weighted by molar-refractivity contribution is 0.173. The summed E-state index contributed by atoms with van der Waals surface area (Å²) in [6.07, 6.45) is 1.79. The summed E-state index contributed by atoms with van der Waals surface area (Å²) in [5, 5.41) is 3.21. The van der Waals surface area contributed by atoms with Gasteiger partial charge in [-0.2, -0.15) is 0 Å². The van der Waals surface area contributed by atoms with Crippen LogP contribution in [0, 0.1) is 6.92 Å². The number of para-hydroxylation sites is 1. The number of nitrogens with zero attached hydrogens (tertiary/aromatic N) is 1. The molecule has 0 aliphatic carbocycles. The summed E-state index contributed by atoms with van der Waals surface area (Å²) in [4.78, 5) is 4.28. The third kappa shape index (κ3) is 2.27. The minimum absolute atomic E-state index is 0.275. The SMILES string of the molecule is Cc1cnc(NCc2cccc3c2OCO3)c(N)c1. The van der Waals surface area contributed by atoms with Crippen LogP contribution >= 0.6 is 0 Å². The second-order valence-corrected chi connectivity index (χ2v) is 4.45. The van der Waals surface area contributed by atoms with Crippen LogP contribution in [0.2, 0.25) is 0 Å². The third-order valence-electron chi connectivity index (χ3n) is 2.98. The van der Waals surface area contributed by atoms with Crippen molar-refractivity contribution >= 4 is 11.5 Å². The Balaban J connectivity index is 1.78. The first-order valence-corrected chi connectivity index (χ1v) is 6.07. The molecule has 0 bridgehead atoms. The maximum Gasteiger partial charge on any atom is 0.231 e. The predicted octanol–water partition coefficient (Wildman–Crippen LogP) is 2.31. The highest BCUT2D eigenvalue weighted by molar-refractivity contribution is 5.62. The first kappa shape index (κ1) is 11.6. The van der Waals surface area contributed by atoms with Gasteiger partial charge in [-0.05, 0) is 24.6 Å². The number of fused-ring (bicyclic) bond motifs is 1. The molecule has 19 heavy (non-hydrogen) atoms. The summed E-state index contributed by atoms with van der Waals surface area (Å²) >= 11 is 0. The first-order valence-electron chi connectivity index (χ1n) is 6.07. The lowest BCUT2D eigenvalue weighted by Gasteiger charge is -2.10. The van der Waals surface area contributed by atoms with Gasteiger partial charge in [0.05, 0.1) is 5.69 Å². The van der Waals surface area contributed by atoms with Crippen LogP contribution in [0.15, 0.2) is 30.5 Å². The van der Waals surface area contributed by atoms with Gasteiger partial charge in [0.15, 0.2) is 11.5 Å². The highest BCUT2D eigenvalue weighted by Crippen LogP contribution is 2.35. The van der Waals surface area contributed by atoms with Gasteiger partial charge in [0, 0.05) is 18.3 Å². The van der Waals surface area contributed by atoms with Crippen molar-refractivity contribution in [1.29, 1.82) is 0 Å². The van der Waals surface area contributed by atoms with E-state index < -0.39 is 0 Å². The van der Waals surface area contributed by atoms with Gasteiger partial charge in [0.1, 0.15) is 5.82 Å². The number of pyridine rings is 1. The Kier molecular flexibility index (Phi) is 2.87. The number of aryl methyl sites for hydroxylation is 1. The van der Waals surface area contributed by atoms with Crippen LogP contribution in [0.3, 0.4) is 0 Å². The molecule has 1 aromatic heterocycles. The number of hydrogen-bond donors (Lipinski definition) is 2. The summed E-state index contributed by atoms with van der Waals surface area (Å²) in [6, 6.07) is 7.72. The summed E-state index contributed by atoms with van der Waals surface area (Å²) in [7, 11) is 0. The number of aromatic nitrogens is 1. The van der Waals surface area contributed by atoms with E-state index in [0.29, 0.717) is 18.1 Å². The Morgan fingerprint density at radius 3 is 3.11 bits per heavy atom. The van der Waals surface area contributed by atoms with Crippen molar-refractivity contribution in [2.45, 2.75) is 13.5 Å². The summed E-state index contributed by atoms with van der Waals surface area (Å²) < 4.78 is 10.8. The molecule has 0 spiro atoms. The topological polar surface area (TPSA) is 69.4 Å². The molecule has 5 heteroatoms. The summed E-state index contributed by atoms with van der Waals surface area (Å²) in [5.74, 6) is 2.26. The molecular weight excluding hydrogens is 242 g/mol. The van der Waals surface area contributed by atoms with Gasteiger partial charge in [-0.15, -0.1) is 0 Å². The third-order valence-corrected chi connectivity index (χ3v) is 2.98. The van der Waals surface area contributed by atoms with Gasteiger partial charge >= 0.3 is 0 Å². The van der Waals surface area contributed by atoms with Crippen molar-refractivity contribution in [1.82, 2.24) is 4.98 Å². The molecule has 1 aliphatic heterocycles. The standard InChI is InChI=1S/C14H15N3O2/c1-9-5-11(15)14(16-6-9)17-7-10-3-2-4-12-13(10)19-8-18-12/h2-6H,7-8,15H2,1H3,(H,16,17). The molecule has 0 saturated heterocycles. The smallest absolute Gasteiger partial charge is 0.231 e. The van der Waals surface area contributed by atoms with Crippen LogP contribution in [0.5, 0.6) is 11.5 Å². The first-order chi connectivity index (χ1) is 9.24. The van der Waals surface area contributed by atoms with E-state index in [0.717, 1.165) is 22.6 Å². The Hall–Kier alpha value is -2.43.